The molecule has 0 aromatic heterocycles. The van der Waals surface area contributed by atoms with Crippen molar-refractivity contribution in [2.75, 3.05) is 0 Å². The third-order valence-corrected chi connectivity index (χ3v) is 3.50. The second-order valence-corrected chi connectivity index (χ2v) is 5.17. The van der Waals surface area contributed by atoms with E-state index >= 15 is 0 Å². The minimum Gasteiger partial charge on any atom is -0.481 e. The van der Waals surface area contributed by atoms with Crippen LogP contribution in [0.4, 0.5) is 0 Å². The van der Waals surface area contributed by atoms with E-state index in [2.05, 4.69) is 13.8 Å². The maximum absolute atomic E-state index is 10.4. The van der Waals surface area contributed by atoms with Crippen LogP contribution >= 0.6 is 0 Å². The molecule has 0 saturated heterocycles. The van der Waals surface area contributed by atoms with Gasteiger partial charge in [0.2, 0.25) is 0 Å². The first kappa shape index (κ1) is 25.4. The zero-order chi connectivity index (χ0) is 16.0. The number of hydrogen-bond donors (Lipinski definition) is 2. The number of carbonyl (C=O) groups is 2. The summed E-state index contributed by atoms with van der Waals surface area (Å²) in [5.74, 6) is -1.51. The SMILES string of the molecule is CCCCC(CC)C(=O)O.CCCCC(CC)C(=O)O.[Cr]. The zero-order valence-electron chi connectivity index (χ0n) is 13.9. The number of rotatable bonds is 10. The summed E-state index contributed by atoms with van der Waals surface area (Å²) in [6, 6.07) is 0. The van der Waals surface area contributed by atoms with Crippen LogP contribution in [0.3, 0.4) is 0 Å². The molecule has 0 saturated carbocycles. The number of carboxylic acids is 2. The van der Waals surface area contributed by atoms with Crippen molar-refractivity contribution in [3.8, 4) is 0 Å². The van der Waals surface area contributed by atoms with Crippen molar-refractivity contribution in [3.63, 3.8) is 0 Å². The molecule has 126 valence electrons. The molecule has 0 aromatic rings. The van der Waals surface area contributed by atoms with E-state index in [1.165, 1.54) is 0 Å². The molecule has 4 nitrogen and oxygen atoms in total. The molecule has 0 fully saturated rings. The molecule has 0 aliphatic rings. The maximum Gasteiger partial charge on any atom is 0.306 e. The molecule has 0 aliphatic heterocycles. The first-order chi connectivity index (χ1) is 9.44. The molecule has 21 heavy (non-hydrogen) atoms. The Morgan fingerprint density at radius 2 is 1.05 bits per heavy atom. The summed E-state index contributed by atoms with van der Waals surface area (Å²) >= 11 is 0. The second-order valence-electron chi connectivity index (χ2n) is 5.17. The Morgan fingerprint density at radius 1 is 0.762 bits per heavy atom. The fourth-order valence-corrected chi connectivity index (χ4v) is 1.91. The van der Waals surface area contributed by atoms with Gasteiger partial charge in [0.25, 0.3) is 0 Å². The quantitative estimate of drug-likeness (QED) is 0.611. The molecule has 0 amide bonds. The fraction of sp³-hybridized carbons (Fsp3) is 0.875. The van der Waals surface area contributed by atoms with Gasteiger partial charge >= 0.3 is 11.9 Å². The monoisotopic (exact) mass is 340 g/mol. The van der Waals surface area contributed by atoms with Gasteiger partial charge in [0.15, 0.2) is 0 Å². The first-order valence-electron chi connectivity index (χ1n) is 7.89. The maximum atomic E-state index is 10.4. The zero-order valence-corrected chi connectivity index (χ0v) is 15.2. The van der Waals surface area contributed by atoms with Gasteiger partial charge in [-0.15, -0.1) is 0 Å². The molecule has 2 unspecified atom stereocenters. The topological polar surface area (TPSA) is 74.6 Å². The summed E-state index contributed by atoms with van der Waals surface area (Å²) in [7, 11) is 0. The molecular formula is C16H32CrO4. The molecule has 2 atom stereocenters. The minimum atomic E-state index is -0.643. The van der Waals surface area contributed by atoms with Crippen molar-refractivity contribution < 1.29 is 37.2 Å². The van der Waals surface area contributed by atoms with Crippen LogP contribution in [0.5, 0.6) is 0 Å². The van der Waals surface area contributed by atoms with Crippen LogP contribution < -0.4 is 0 Å². The van der Waals surface area contributed by atoms with Crippen molar-refractivity contribution in [2.24, 2.45) is 11.8 Å². The van der Waals surface area contributed by atoms with E-state index in [4.69, 9.17) is 10.2 Å². The Bertz CT molecular complexity index is 231. The molecule has 0 bridgehead atoms. The summed E-state index contributed by atoms with van der Waals surface area (Å²) in [5, 5.41) is 17.2. The average molecular weight is 340 g/mol. The third-order valence-electron chi connectivity index (χ3n) is 3.50. The van der Waals surface area contributed by atoms with Crippen LogP contribution in [0, 0.1) is 11.8 Å². The van der Waals surface area contributed by atoms with Crippen LogP contribution in [-0.2, 0) is 27.0 Å². The third kappa shape index (κ3) is 15.7. The summed E-state index contributed by atoms with van der Waals surface area (Å²) in [5.41, 5.74) is 0. The average Bonchev–Trinajstić information content (AvgIpc) is 2.40. The predicted octanol–water partition coefficient (Wildman–Crippen LogP) is 4.57. The van der Waals surface area contributed by atoms with Crippen molar-refractivity contribution in [1.82, 2.24) is 0 Å². The molecule has 0 rings (SSSR count). The summed E-state index contributed by atoms with van der Waals surface area (Å²) < 4.78 is 0. The number of hydrogen-bond acceptors (Lipinski definition) is 2. The van der Waals surface area contributed by atoms with E-state index < -0.39 is 11.9 Å². The predicted molar refractivity (Wildman–Crippen MR) is 81.9 cm³/mol. The van der Waals surface area contributed by atoms with Crippen LogP contribution in [0.2, 0.25) is 0 Å². The van der Waals surface area contributed by atoms with E-state index in [1.807, 2.05) is 13.8 Å². The van der Waals surface area contributed by atoms with Crippen molar-refractivity contribution in [3.05, 3.63) is 0 Å². The fourth-order valence-electron chi connectivity index (χ4n) is 1.91. The molecule has 2 N–H and O–H groups in total. The Balaban J connectivity index is -0.000000295. The molecule has 0 spiro atoms. The van der Waals surface area contributed by atoms with Gasteiger partial charge in [-0.3, -0.25) is 9.59 Å². The first-order valence-corrected chi connectivity index (χ1v) is 7.89. The van der Waals surface area contributed by atoms with Gasteiger partial charge in [0.05, 0.1) is 11.8 Å². The largest absolute Gasteiger partial charge is 0.481 e. The summed E-state index contributed by atoms with van der Waals surface area (Å²) in [6.45, 7) is 8.01. The van der Waals surface area contributed by atoms with Gasteiger partial charge in [-0.2, -0.15) is 0 Å². The summed E-state index contributed by atoms with van der Waals surface area (Å²) in [6.07, 6.45) is 7.43. The second kappa shape index (κ2) is 17.5. The van der Waals surface area contributed by atoms with Gasteiger partial charge in [-0.05, 0) is 25.7 Å². The Hall–Kier alpha value is -0.528. The molecule has 0 radical (unpaired) electrons. The van der Waals surface area contributed by atoms with Gasteiger partial charge < -0.3 is 10.2 Å². The van der Waals surface area contributed by atoms with Crippen LogP contribution in [0.15, 0.2) is 0 Å². The normalized spacial score (nSPS) is 12.4. The molecule has 0 heterocycles. The van der Waals surface area contributed by atoms with E-state index in [-0.39, 0.29) is 29.2 Å². The summed E-state index contributed by atoms with van der Waals surface area (Å²) in [4.78, 5) is 20.9. The number of aliphatic carboxylic acids is 2. The van der Waals surface area contributed by atoms with Gasteiger partial charge in [-0.1, -0.05) is 53.4 Å². The van der Waals surface area contributed by atoms with Crippen LogP contribution in [0.25, 0.3) is 0 Å². The van der Waals surface area contributed by atoms with Gasteiger partial charge in [0.1, 0.15) is 0 Å². The molecule has 5 heteroatoms. The number of unbranched alkanes of at least 4 members (excludes halogenated alkanes) is 2. The van der Waals surface area contributed by atoms with Crippen molar-refractivity contribution >= 4 is 11.9 Å². The van der Waals surface area contributed by atoms with E-state index in [1.54, 1.807) is 0 Å². The Morgan fingerprint density at radius 3 is 1.19 bits per heavy atom. The standard InChI is InChI=1S/2C8H16O2.Cr/c2*1-3-5-6-7(4-2)8(9)10;/h2*7H,3-6H2,1-2H3,(H,9,10);. The van der Waals surface area contributed by atoms with Crippen LogP contribution in [0.1, 0.15) is 79.1 Å². The molecule has 0 aromatic carbocycles. The van der Waals surface area contributed by atoms with Crippen molar-refractivity contribution in [2.45, 2.75) is 79.1 Å². The number of carboxylic acid groups (broad SMARTS) is 2. The van der Waals surface area contributed by atoms with Gasteiger partial charge in [-0.25, -0.2) is 0 Å². The minimum absolute atomic E-state index is 0. The molecular weight excluding hydrogens is 308 g/mol. The van der Waals surface area contributed by atoms with Crippen molar-refractivity contribution in [1.29, 1.82) is 0 Å². The van der Waals surface area contributed by atoms with E-state index in [9.17, 15) is 9.59 Å². The Labute approximate surface area is 140 Å². The van der Waals surface area contributed by atoms with Crippen LogP contribution in [-0.4, -0.2) is 22.2 Å². The van der Waals surface area contributed by atoms with Gasteiger partial charge in [0, 0.05) is 17.4 Å². The van der Waals surface area contributed by atoms with E-state index in [0.29, 0.717) is 0 Å². The Kier molecular flexibility index (Phi) is 21.2. The smallest absolute Gasteiger partial charge is 0.306 e. The molecule has 0 aliphatic carbocycles. The van der Waals surface area contributed by atoms with E-state index in [0.717, 1.165) is 51.4 Å².